The van der Waals surface area contributed by atoms with E-state index in [0.717, 1.165) is 4.31 Å². The van der Waals surface area contributed by atoms with Gasteiger partial charge in [0.2, 0.25) is 10.0 Å². The van der Waals surface area contributed by atoms with Crippen molar-refractivity contribution in [1.82, 2.24) is 4.31 Å². The molecule has 1 fully saturated rings. The summed E-state index contributed by atoms with van der Waals surface area (Å²) in [6.45, 7) is 0.295. The number of nitrogens with zero attached hydrogens (tertiary/aromatic N) is 2. The standard InChI is InChI=1S/C8H12N2O5S/c9-5-7-6-10(2-3-15-7)16(13,14)4-1-8(11)12/h7H,1-4,6H2,(H,11,12). The van der Waals surface area contributed by atoms with Gasteiger partial charge in [-0.05, 0) is 0 Å². The van der Waals surface area contributed by atoms with E-state index in [-0.39, 0.29) is 19.7 Å². The van der Waals surface area contributed by atoms with Crippen LogP contribution in [0.4, 0.5) is 0 Å². The van der Waals surface area contributed by atoms with Crippen molar-refractivity contribution in [2.75, 3.05) is 25.4 Å². The molecule has 1 aliphatic heterocycles. The Kier molecular flexibility index (Phi) is 4.23. The van der Waals surface area contributed by atoms with Crippen LogP contribution in [0.15, 0.2) is 0 Å². The van der Waals surface area contributed by atoms with Gasteiger partial charge in [-0.3, -0.25) is 4.79 Å². The Morgan fingerprint density at radius 3 is 2.88 bits per heavy atom. The molecule has 1 atom stereocenters. The predicted octanol–water partition coefficient (Wildman–Crippen LogP) is -0.985. The molecule has 1 N–H and O–H groups in total. The number of ether oxygens (including phenoxy) is 1. The number of hydrogen-bond donors (Lipinski definition) is 1. The molecule has 90 valence electrons. The van der Waals surface area contributed by atoms with E-state index in [1.54, 1.807) is 0 Å². The zero-order chi connectivity index (χ0) is 12.2. The van der Waals surface area contributed by atoms with Gasteiger partial charge >= 0.3 is 5.97 Å². The Morgan fingerprint density at radius 1 is 1.62 bits per heavy atom. The number of aliphatic carboxylic acids is 1. The number of carbonyl (C=O) groups is 1. The fourth-order valence-electron chi connectivity index (χ4n) is 1.30. The molecule has 1 unspecified atom stereocenters. The van der Waals surface area contributed by atoms with Crippen molar-refractivity contribution in [2.24, 2.45) is 0 Å². The topological polar surface area (TPSA) is 108 Å². The molecule has 8 heteroatoms. The molecular weight excluding hydrogens is 236 g/mol. The van der Waals surface area contributed by atoms with Crippen LogP contribution in [0.25, 0.3) is 0 Å². The Bertz CT molecular complexity index is 399. The highest BCUT2D eigenvalue weighted by Crippen LogP contribution is 2.10. The summed E-state index contributed by atoms with van der Waals surface area (Å²) in [5.41, 5.74) is 0. The van der Waals surface area contributed by atoms with Crippen LogP contribution in [0.2, 0.25) is 0 Å². The van der Waals surface area contributed by atoms with E-state index in [0.29, 0.717) is 0 Å². The second kappa shape index (κ2) is 5.25. The Morgan fingerprint density at radius 2 is 2.31 bits per heavy atom. The lowest BCUT2D eigenvalue weighted by Crippen LogP contribution is -2.46. The van der Waals surface area contributed by atoms with Gasteiger partial charge in [0, 0.05) is 6.54 Å². The van der Waals surface area contributed by atoms with E-state index < -0.39 is 34.3 Å². The van der Waals surface area contributed by atoms with Crippen molar-refractivity contribution < 1.29 is 23.1 Å². The lowest BCUT2D eigenvalue weighted by molar-refractivity contribution is -0.136. The number of sulfonamides is 1. The van der Waals surface area contributed by atoms with Crippen molar-refractivity contribution in [3.63, 3.8) is 0 Å². The molecule has 1 aliphatic rings. The average molecular weight is 248 g/mol. The van der Waals surface area contributed by atoms with Crippen LogP contribution in [0.5, 0.6) is 0 Å². The van der Waals surface area contributed by atoms with Crippen LogP contribution in [0, 0.1) is 11.3 Å². The van der Waals surface area contributed by atoms with Crippen molar-refractivity contribution >= 4 is 16.0 Å². The summed E-state index contributed by atoms with van der Waals surface area (Å²) in [7, 11) is -3.60. The van der Waals surface area contributed by atoms with Gasteiger partial charge in [-0.15, -0.1) is 0 Å². The second-order valence-corrected chi connectivity index (χ2v) is 5.39. The normalized spacial score (nSPS) is 22.6. The lowest BCUT2D eigenvalue weighted by atomic mass is 10.3. The van der Waals surface area contributed by atoms with Crippen LogP contribution >= 0.6 is 0 Å². The first-order valence-electron chi connectivity index (χ1n) is 4.66. The van der Waals surface area contributed by atoms with Crippen molar-refractivity contribution in [3.05, 3.63) is 0 Å². The third kappa shape index (κ3) is 3.44. The molecule has 0 aliphatic carbocycles. The van der Waals surface area contributed by atoms with Gasteiger partial charge in [0.1, 0.15) is 0 Å². The zero-order valence-electron chi connectivity index (χ0n) is 8.50. The van der Waals surface area contributed by atoms with E-state index >= 15 is 0 Å². The summed E-state index contributed by atoms with van der Waals surface area (Å²) in [6, 6.07) is 1.83. The highest BCUT2D eigenvalue weighted by molar-refractivity contribution is 7.89. The minimum absolute atomic E-state index is 0.0293. The van der Waals surface area contributed by atoms with E-state index in [1.165, 1.54) is 0 Å². The zero-order valence-corrected chi connectivity index (χ0v) is 9.31. The first-order chi connectivity index (χ1) is 7.45. The maximum absolute atomic E-state index is 11.6. The Hall–Kier alpha value is -1.17. The molecule has 0 aromatic carbocycles. The lowest BCUT2D eigenvalue weighted by Gasteiger charge is -2.28. The number of carboxylic acids is 1. The van der Waals surface area contributed by atoms with Crippen molar-refractivity contribution in [2.45, 2.75) is 12.5 Å². The average Bonchev–Trinajstić information content (AvgIpc) is 2.27. The van der Waals surface area contributed by atoms with Crippen LogP contribution in [-0.4, -0.2) is 55.4 Å². The summed E-state index contributed by atoms with van der Waals surface area (Å²) >= 11 is 0. The van der Waals surface area contributed by atoms with E-state index in [9.17, 15) is 13.2 Å². The highest BCUT2D eigenvalue weighted by atomic mass is 32.2. The molecule has 1 heterocycles. The largest absolute Gasteiger partial charge is 0.481 e. The molecule has 16 heavy (non-hydrogen) atoms. The maximum Gasteiger partial charge on any atom is 0.304 e. The molecule has 0 aromatic rings. The maximum atomic E-state index is 11.6. The van der Waals surface area contributed by atoms with Gasteiger partial charge in [0.05, 0.1) is 31.4 Å². The quantitative estimate of drug-likeness (QED) is 0.684. The molecule has 0 saturated carbocycles. The van der Waals surface area contributed by atoms with Crippen molar-refractivity contribution in [3.8, 4) is 6.07 Å². The minimum Gasteiger partial charge on any atom is -0.481 e. The molecule has 0 aromatic heterocycles. The Labute approximate surface area is 93.3 Å². The summed E-state index contributed by atoms with van der Waals surface area (Å²) in [5, 5.41) is 17.0. The fourth-order valence-corrected chi connectivity index (χ4v) is 2.71. The van der Waals surface area contributed by atoms with E-state index in [1.807, 2.05) is 6.07 Å². The van der Waals surface area contributed by atoms with E-state index in [2.05, 4.69) is 0 Å². The number of carboxylic acid groups (broad SMARTS) is 1. The number of morpholine rings is 1. The summed E-state index contributed by atoms with van der Waals surface area (Å²) in [4.78, 5) is 10.3. The molecular formula is C8H12N2O5S. The smallest absolute Gasteiger partial charge is 0.304 e. The summed E-state index contributed by atoms with van der Waals surface area (Å²) in [5.74, 6) is -1.60. The molecule has 0 bridgehead atoms. The molecule has 0 amide bonds. The number of rotatable bonds is 4. The number of nitriles is 1. The summed E-state index contributed by atoms with van der Waals surface area (Å²) < 4.78 is 29.4. The monoisotopic (exact) mass is 248 g/mol. The van der Waals surface area contributed by atoms with Crippen LogP contribution in [-0.2, 0) is 19.6 Å². The molecule has 1 saturated heterocycles. The first-order valence-corrected chi connectivity index (χ1v) is 6.27. The SMILES string of the molecule is N#CC1CN(S(=O)(=O)CCC(=O)O)CCO1. The third-order valence-electron chi connectivity index (χ3n) is 2.14. The van der Waals surface area contributed by atoms with Gasteiger partial charge in [0.25, 0.3) is 0 Å². The van der Waals surface area contributed by atoms with E-state index in [4.69, 9.17) is 15.1 Å². The second-order valence-electron chi connectivity index (χ2n) is 3.31. The molecule has 1 rings (SSSR count). The van der Waals surface area contributed by atoms with Gasteiger partial charge in [0.15, 0.2) is 6.10 Å². The first kappa shape index (κ1) is 12.9. The molecule has 0 radical (unpaired) electrons. The highest BCUT2D eigenvalue weighted by Gasteiger charge is 2.29. The number of hydrogen-bond acceptors (Lipinski definition) is 5. The van der Waals surface area contributed by atoms with Gasteiger partial charge < -0.3 is 9.84 Å². The van der Waals surface area contributed by atoms with Crippen LogP contribution < -0.4 is 0 Å². The van der Waals surface area contributed by atoms with Crippen molar-refractivity contribution in [1.29, 1.82) is 5.26 Å². The minimum atomic E-state index is -3.60. The molecule has 0 spiro atoms. The predicted molar refractivity (Wildman–Crippen MR) is 53.0 cm³/mol. The fraction of sp³-hybridized carbons (Fsp3) is 0.750. The van der Waals surface area contributed by atoms with Crippen LogP contribution in [0.1, 0.15) is 6.42 Å². The van der Waals surface area contributed by atoms with Gasteiger partial charge in [-0.1, -0.05) is 0 Å². The summed E-state index contributed by atoms with van der Waals surface area (Å²) in [6.07, 6.45) is -1.20. The van der Waals surface area contributed by atoms with Gasteiger partial charge in [-0.2, -0.15) is 9.57 Å². The Balaban J connectivity index is 2.61. The van der Waals surface area contributed by atoms with Crippen LogP contribution in [0.3, 0.4) is 0 Å². The van der Waals surface area contributed by atoms with Gasteiger partial charge in [-0.25, -0.2) is 8.42 Å². The molecule has 7 nitrogen and oxygen atoms in total. The third-order valence-corrected chi connectivity index (χ3v) is 3.98.